The molecule has 1 unspecified atom stereocenters. The molecule has 0 aromatic carbocycles. The standard InChI is InChI=1S/C6H15ClNO.ClH2/c1-8(2,3)5-6(9)4-7;/h6,9H,4-5H2,1-3H3;1H2/q2*+1. The third-order valence-corrected chi connectivity index (χ3v) is 1.29. The van der Waals surface area contributed by atoms with E-state index in [4.69, 9.17) is 16.7 Å². The maximum Gasteiger partial charge on any atom is 0.116 e. The van der Waals surface area contributed by atoms with E-state index >= 15 is 0 Å². The van der Waals surface area contributed by atoms with Gasteiger partial charge in [-0.15, -0.1) is 11.6 Å². The predicted octanol–water partition coefficient (Wildman–Crippen LogP) is -0.243. The van der Waals surface area contributed by atoms with E-state index in [1.807, 2.05) is 21.1 Å². The van der Waals surface area contributed by atoms with E-state index in [2.05, 4.69) is 0 Å². The average Bonchev–Trinajstić information content (AvgIpc) is 1.62. The number of rotatable bonds is 3. The van der Waals surface area contributed by atoms with Gasteiger partial charge in [0.1, 0.15) is 12.6 Å². The fourth-order valence-corrected chi connectivity index (χ4v) is 0.779. The first kappa shape index (κ1) is 13.1. The molecule has 2 nitrogen and oxygen atoms in total. The summed E-state index contributed by atoms with van der Waals surface area (Å²) in [5, 5.41) is 9.05. The van der Waals surface area contributed by atoms with Crippen molar-refractivity contribution in [3.05, 3.63) is 0 Å². The maximum atomic E-state index is 9.05. The lowest BCUT2D eigenvalue weighted by atomic mass is 10.3. The quantitative estimate of drug-likeness (QED) is 0.481. The fraction of sp³-hybridized carbons (Fsp3) is 1.00. The summed E-state index contributed by atoms with van der Waals surface area (Å²) in [4.78, 5) is 0. The third-order valence-electron chi connectivity index (χ3n) is 0.937. The van der Waals surface area contributed by atoms with Gasteiger partial charge in [-0.1, -0.05) is 0 Å². The van der Waals surface area contributed by atoms with Gasteiger partial charge in [-0.25, -0.2) is 0 Å². The summed E-state index contributed by atoms with van der Waals surface area (Å²) >= 11 is 5.40. The lowest BCUT2D eigenvalue weighted by molar-refractivity contribution is -0.873. The molecule has 1 N–H and O–H groups in total. The van der Waals surface area contributed by atoms with E-state index in [9.17, 15) is 0 Å². The molecule has 0 saturated heterocycles. The minimum Gasteiger partial charge on any atom is -0.386 e. The Morgan fingerprint density at radius 1 is 1.40 bits per heavy atom. The van der Waals surface area contributed by atoms with Crippen LogP contribution in [0.15, 0.2) is 0 Å². The summed E-state index contributed by atoms with van der Waals surface area (Å²) in [6, 6.07) is 0. The van der Waals surface area contributed by atoms with Crippen LogP contribution in [0, 0.1) is 12.4 Å². The highest BCUT2D eigenvalue weighted by molar-refractivity contribution is 6.18. The first-order valence-electron chi connectivity index (χ1n) is 3.00. The Labute approximate surface area is 73.8 Å². The van der Waals surface area contributed by atoms with Crippen molar-refractivity contribution >= 4 is 11.6 Å². The second-order valence-corrected chi connectivity index (χ2v) is 3.59. The number of hydrogen-bond donors (Lipinski definition) is 1. The molecular formula is C6H17Cl2NO+2. The van der Waals surface area contributed by atoms with Crippen LogP contribution in [-0.4, -0.2) is 49.3 Å². The summed E-state index contributed by atoms with van der Waals surface area (Å²) in [5.41, 5.74) is 0. The molecule has 64 valence electrons. The third kappa shape index (κ3) is 8.50. The van der Waals surface area contributed by atoms with Crippen molar-refractivity contribution in [1.29, 1.82) is 0 Å². The zero-order chi connectivity index (χ0) is 7.49. The fourth-order valence-electron chi connectivity index (χ4n) is 0.681. The van der Waals surface area contributed by atoms with Crippen LogP contribution in [0.4, 0.5) is 0 Å². The van der Waals surface area contributed by atoms with E-state index in [1.165, 1.54) is 0 Å². The number of aliphatic hydroxyl groups excluding tert-OH is 1. The van der Waals surface area contributed by atoms with Crippen LogP contribution in [0.3, 0.4) is 0 Å². The molecule has 0 amide bonds. The van der Waals surface area contributed by atoms with Crippen LogP contribution in [-0.2, 0) is 0 Å². The minimum absolute atomic E-state index is 0. The van der Waals surface area contributed by atoms with Crippen LogP contribution < -0.4 is 0 Å². The van der Waals surface area contributed by atoms with Gasteiger partial charge in [0.25, 0.3) is 0 Å². The molecular weight excluding hydrogens is 173 g/mol. The van der Waals surface area contributed by atoms with Gasteiger partial charge in [-0.2, -0.15) is 0 Å². The molecule has 0 aliphatic carbocycles. The number of hydrogen-bond acceptors (Lipinski definition) is 1. The Kier molecular flexibility index (Phi) is 6.81. The van der Waals surface area contributed by atoms with Crippen LogP contribution in [0.2, 0.25) is 0 Å². The molecule has 0 aromatic rings. The van der Waals surface area contributed by atoms with E-state index < -0.39 is 0 Å². The van der Waals surface area contributed by atoms with Crippen molar-refractivity contribution in [2.45, 2.75) is 6.10 Å². The molecule has 0 spiro atoms. The molecule has 0 fully saturated rings. The molecule has 10 heavy (non-hydrogen) atoms. The van der Waals surface area contributed by atoms with Gasteiger partial charge < -0.3 is 9.59 Å². The molecule has 0 heterocycles. The molecule has 0 saturated carbocycles. The van der Waals surface area contributed by atoms with Gasteiger partial charge in [0.2, 0.25) is 0 Å². The molecule has 0 bridgehead atoms. The number of nitrogens with zero attached hydrogens (tertiary/aromatic N) is 1. The predicted molar refractivity (Wildman–Crippen MR) is 42.4 cm³/mol. The highest BCUT2D eigenvalue weighted by atomic mass is 35.5. The van der Waals surface area contributed by atoms with Gasteiger partial charge in [0, 0.05) is 0 Å². The molecule has 0 aliphatic heterocycles. The van der Waals surface area contributed by atoms with E-state index in [1.54, 1.807) is 0 Å². The van der Waals surface area contributed by atoms with Crippen molar-refractivity contribution < 1.29 is 22.0 Å². The van der Waals surface area contributed by atoms with Crippen molar-refractivity contribution in [3.8, 4) is 0 Å². The molecule has 0 aliphatic rings. The van der Waals surface area contributed by atoms with Crippen molar-refractivity contribution in [2.75, 3.05) is 33.6 Å². The maximum absolute atomic E-state index is 9.05. The normalized spacial score (nSPS) is 14.1. The van der Waals surface area contributed by atoms with Crippen molar-refractivity contribution in [1.82, 2.24) is 0 Å². The lowest BCUT2D eigenvalue weighted by Gasteiger charge is -2.25. The topological polar surface area (TPSA) is 20.2 Å². The van der Waals surface area contributed by atoms with Gasteiger partial charge >= 0.3 is 0 Å². The van der Waals surface area contributed by atoms with Gasteiger partial charge in [0.15, 0.2) is 0 Å². The van der Waals surface area contributed by atoms with E-state index in [-0.39, 0.29) is 18.5 Å². The van der Waals surface area contributed by atoms with Crippen LogP contribution >= 0.6 is 11.6 Å². The van der Waals surface area contributed by atoms with E-state index in [0.717, 1.165) is 4.48 Å². The minimum atomic E-state index is -0.369. The highest BCUT2D eigenvalue weighted by Gasteiger charge is 2.13. The van der Waals surface area contributed by atoms with Gasteiger partial charge in [-0.05, 0) is 0 Å². The van der Waals surface area contributed by atoms with Crippen LogP contribution in [0.1, 0.15) is 0 Å². The number of halogens is 2. The Morgan fingerprint density at radius 2 is 1.80 bits per heavy atom. The Bertz CT molecular complexity index is 82.3. The first-order chi connectivity index (χ1) is 3.95. The Hall–Kier alpha value is 0.500. The Morgan fingerprint density at radius 3 is 1.90 bits per heavy atom. The smallest absolute Gasteiger partial charge is 0.116 e. The second-order valence-electron chi connectivity index (χ2n) is 3.28. The monoisotopic (exact) mass is 189 g/mol. The SMILES string of the molecule is C[N+](C)(C)CC(O)CCl.[ClH2+]. The van der Waals surface area contributed by atoms with Gasteiger partial charge in [-0.3, -0.25) is 0 Å². The largest absolute Gasteiger partial charge is 0.386 e. The molecule has 0 aromatic heterocycles. The van der Waals surface area contributed by atoms with Crippen LogP contribution in [0.5, 0.6) is 0 Å². The van der Waals surface area contributed by atoms with Crippen molar-refractivity contribution in [3.63, 3.8) is 0 Å². The first-order valence-corrected chi connectivity index (χ1v) is 3.53. The number of quaternary nitrogens is 1. The van der Waals surface area contributed by atoms with Crippen molar-refractivity contribution in [2.24, 2.45) is 0 Å². The summed E-state index contributed by atoms with van der Waals surface area (Å²) in [5.74, 6) is 0.329. The van der Waals surface area contributed by atoms with Gasteiger partial charge in [0.05, 0.1) is 39.4 Å². The van der Waals surface area contributed by atoms with E-state index in [0.29, 0.717) is 12.4 Å². The second kappa shape index (κ2) is 5.19. The zero-order valence-electron chi connectivity index (χ0n) is 6.71. The summed E-state index contributed by atoms with van der Waals surface area (Å²) in [6.07, 6.45) is -0.369. The summed E-state index contributed by atoms with van der Waals surface area (Å²) in [7, 11) is 6.07. The Balaban J connectivity index is 0. The lowest BCUT2D eigenvalue weighted by Crippen LogP contribution is -2.41. The average molecular weight is 190 g/mol. The molecule has 0 rings (SSSR count). The summed E-state index contributed by atoms with van der Waals surface area (Å²) < 4.78 is 0.758. The number of aliphatic hydroxyl groups is 1. The molecule has 4 heteroatoms. The number of likely N-dealkylation sites (N-methyl/N-ethyl adjacent to an activating group) is 1. The van der Waals surface area contributed by atoms with Crippen LogP contribution in [0.25, 0.3) is 0 Å². The highest BCUT2D eigenvalue weighted by Crippen LogP contribution is 1.95. The number of alkyl halides is 1. The zero-order valence-corrected chi connectivity index (χ0v) is 8.36. The molecule has 1 atom stereocenters. The summed E-state index contributed by atoms with van der Waals surface area (Å²) in [6.45, 7) is 0.712. The molecule has 0 radical (unpaired) electrons.